The Balaban J connectivity index is 1.21. The van der Waals surface area contributed by atoms with Crippen LogP contribution in [0.2, 0.25) is 0 Å². The predicted molar refractivity (Wildman–Crippen MR) is 221 cm³/mol. The molecule has 324 valence electrons. The molecule has 1 aromatic heterocycles. The molecule has 2 saturated heterocycles. The van der Waals surface area contributed by atoms with Crippen LogP contribution in [0.25, 0.3) is 22.2 Å². The van der Waals surface area contributed by atoms with Crippen molar-refractivity contribution >= 4 is 56.6 Å². The lowest BCUT2D eigenvalue weighted by Crippen LogP contribution is -2.58. The fourth-order valence-electron chi connectivity index (χ4n) is 7.62. The van der Waals surface area contributed by atoms with E-state index in [0.29, 0.717) is 40.9 Å². The third-order valence-electron chi connectivity index (χ3n) is 11.2. The first-order chi connectivity index (χ1) is 28.9. The molecule has 4 aliphatic rings. The number of hydrogen-bond donors (Lipinski definition) is 3. The first-order valence-electron chi connectivity index (χ1n) is 20.3. The van der Waals surface area contributed by atoms with E-state index < -0.39 is 80.2 Å². The zero-order chi connectivity index (χ0) is 43.9. The third kappa shape index (κ3) is 9.48. The Kier molecular flexibility index (Phi) is 11.8. The fraction of sp³-hybridized carbons (Fsp3) is 0.465. The molecule has 2 aliphatic heterocycles. The smallest absolute Gasteiger partial charge is 0.408 e. The quantitative estimate of drug-likeness (QED) is 0.148. The number of carbonyl (C=O) groups is 6. The van der Waals surface area contributed by atoms with Crippen molar-refractivity contribution in [2.45, 2.75) is 100 Å². The molecule has 1 unspecified atom stereocenters. The van der Waals surface area contributed by atoms with E-state index in [-0.39, 0.29) is 51.1 Å². The topological polar surface area (TPSA) is 220 Å². The van der Waals surface area contributed by atoms with Crippen LogP contribution < -0.4 is 24.8 Å². The summed E-state index contributed by atoms with van der Waals surface area (Å²) in [7, 11) is -2.43. The number of sulfonamides is 1. The molecule has 18 heteroatoms. The van der Waals surface area contributed by atoms with Crippen LogP contribution in [-0.2, 0) is 38.7 Å². The minimum absolute atomic E-state index is 0.0732. The molecule has 3 heterocycles. The Bertz CT molecular complexity index is 2380. The van der Waals surface area contributed by atoms with E-state index in [0.717, 1.165) is 10.5 Å². The molecule has 3 aromatic rings. The van der Waals surface area contributed by atoms with Crippen LogP contribution in [0.15, 0.2) is 67.3 Å². The Labute approximate surface area is 353 Å². The molecule has 0 bridgehead atoms. The van der Waals surface area contributed by atoms with Crippen molar-refractivity contribution in [1.82, 2.24) is 30.1 Å². The number of imide groups is 1. The monoisotopic (exact) mass is 858 g/mol. The SMILES string of the molecule is C=C[C@@H]1C[C@]1(NC(=O)[C@@H]1CC(Oc2cc(-c3ccccc3)nc3cc(OC)ccc23)CN1C(=O)[C@H](CCC(=O)N1CCC1=O)NC(=O)OC(C)(C)C)C(=O)NS(=O)(=O)C1CC1. The minimum Gasteiger partial charge on any atom is -0.497 e. The first-order valence-corrected chi connectivity index (χ1v) is 21.8. The highest BCUT2D eigenvalue weighted by atomic mass is 32.2. The van der Waals surface area contributed by atoms with E-state index in [2.05, 4.69) is 21.9 Å². The number of likely N-dealkylation sites (tertiary alicyclic amines) is 2. The van der Waals surface area contributed by atoms with Gasteiger partial charge in [0.2, 0.25) is 33.7 Å². The van der Waals surface area contributed by atoms with Crippen LogP contribution >= 0.6 is 0 Å². The van der Waals surface area contributed by atoms with Gasteiger partial charge in [0.05, 0.1) is 30.1 Å². The van der Waals surface area contributed by atoms with Gasteiger partial charge in [-0.25, -0.2) is 18.2 Å². The maximum atomic E-state index is 14.7. The zero-order valence-electron chi connectivity index (χ0n) is 34.5. The lowest BCUT2D eigenvalue weighted by Gasteiger charge is -2.31. The summed E-state index contributed by atoms with van der Waals surface area (Å²) in [6.07, 6.45) is 0.196. The molecule has 17 nitrogen and oxygen atoms in total. The van der Waals surface area contributed by atoms with Crippen LogP contribution in [0.1, 0.15) is 65.7 Å². The number of β-lactam (4-membered cyclic amide) rings is 1. The van der Waals surface area contributed by atoms with Crippen LogP contribution in [0.4, 0.5) is 4.79 Å². The Hall–Kier alpha value is -6.04. The number of rotatable bonds is 15. The Morgan fingerprint density at radius 3 is 2.41 bits per heavy atom. The zero-order valence-corrected chi connectivity index (χ0v) is 35.3. The number of fused-ring (bicyclic) bond motifs is 1. The van der Waals surface area contributed by atoms with Crippen molar-refractivity contribution in [2.75, 3.05) is 20.2 Å². The van der Waals surface area contributed by atoms with Gasteiger partial charge in [0.25, 0.3) is 5.91 Å². The Morgan fingerprint density at radius 2 is 1.80 bits per heavy atom. The number of nitrogens with zero attached hydrogens (tertiary/aromatic N) is 3. The highest BCUT2D eigenvalue weighted by Gasteiger charge is 2.62. The summed E-state index contributed by atoms with van der Waals surface area (Å²) in [5.74, 6) is -2.93. The molecule has 0 radical (unpaired) electrons. The number of ether oxygens (including phenoxy) is 3. The van der Waals surface area contributed by atoms with Crippen molar-refractivity contribution in [3.8, 4) is 22.8 Å². The molecule has 3 N–H and O–H groups in total. The number of methoxy groups -OCH3 is 1. The molecule has 5 atom stereocenters. The van der Waals surface area contributed by atoms with Crippen molar-refractivity contribution in [1.29, 1.82) is 0 Å². The minimum atomic E-state index is -3.97. The standard InChI is InChI=1S/C43H50N6O11S/c1-6-26-23-43(26,40(54)47-61(56,57)29-13-14-29)46-38(52)34-21-28(59-35-22-32(25-10-8-7-9-11-25)44-33-20-27(58-5)12-15-30(33)35)24-49(34)39(53)31(45-41(55)60-42(2,3)4)16-17-36(50)48-19-18-37(48)51/h6-12,15,20,22,26,28-29,31,34H,1,13-14,16-19,21,23-24H2,2-5H3,(H,45,55)(H,46,52)(H,47,54)/t26-,28?,31+,34+,43-/m1/s1. The maximum Gasteiger partial charge on any atom is 0.408 e. The summed E-state index contributed by atoms with van der Waals surface area (Å²) in [4.78, 5) is 88.2. The number of pyridine rings is 1. The van der Waals surface area contributed by atoms with Gasteiger partial charge in [-0.3, -0.25) is 33.6 Å². The van der Waals surface area contributed by atoms with Crippen LogP contribution in [-0.4, -0.2) is 114 Å². The Morgan fingerprint density at radius 1 is 1.07 bits per heavy atom. The molecule has 7 rings (SSSR count). The van der Waals surface area contributed by atoms with Crippen molar-refractivity contribution in [3.63, 3.8) is 0 Å². The molecular weight excluding hydrogens is 809 g/mol. The van der Waals surface area contributed by atoms with Gasteiger partial charge >= 0.3 is 6.09 Å². The average molecular weight is 859 g/mol. The van der Waals surface area contributed by atoms with Crippen LogP contribution in [0.3, 0.4) is 0 Å². The second-order valence-corrected chi connectivity index (χ2v) is 18.8. The summed E-state index contributed by atoms with van der Waals surface area (Å²) < 4.78 is 45.4. The largest absolute Gasteiger partial charge is 0.497 e. The summed E-state index contributed by atoms with van der Waals surface area (Å²) in [5, 5.41) is 5.25. The predicted octanol–water partition coefficient (Wildman–Crippen LogP) is 3.36. The van der Waals surface area contributed by atoms with Gasteiger partial charge in [0, 0.05) is 54.8 Å². The van der Waals surface area contributed by atoms with Crippen LogP contribution in [0, 0.1) is 5.92 Å². The van der Waals surface area contributed by atoms with Gasteiger partial charge in [0.1, 0.15) is 40.8 Å². The fourth-order valence-corrected chi connectivity index (χ4v) is 8.98. The molecule has 2 saturated carbocycles. The van der Waals surface area contributed by atoms with Crippen molar-refractivity contribution in [3.05, 3.63) is 67.3 Å². The molecular formula is C43H50N6O11S. The summed E-state index contributed by atoms with van der Waals surface area (Å²) >= 11 is 0. The van der Waals surface area contributed by atoms with Gasteiger partial charge in [-0.05, 0) is 58.6 Å². The number of aromatic nitrogens is 1. The van der Waals surface area contributed by atoms with E-state index in [1.54, 1.807) is 52.1 Å². The van der Waals surface area contributed by atoms with Gasteiger partial charge in [0.15, 0.2) is 0 Å². The number of alkyl carbamates (subject to hydrolysis) is 1. The van der Waals surface area contributed by atoms with Gasteiger partial charge in [-0.2, -0.15) is 0 Å². The molecule has 0 spiro atoms. The van der Waals surface area contributed by atoms with E-state index in [1.165, 1.54) is 11.0 Å². The van der Waals surface area contributed by atoms with Crippen molar-refractivity contribution in [2.24, 2.45) is 5.92 Å². The molecule has 4 fully saturated rings. The first kappa shape index (κ1) is 43.1. The van der Waals surface area contributed by atoms with Gasteiger partial charge in [-0.15, -0.1) is 6.58 Å². The third-order valence-corrected chi connectivity index (χ3v) is 13.0. The van der Waals surface area contributed by atoms with E-state index in [9.17, 15) is 37.2 Å². The highest BCUT2D eigenvalue weighted by Crippen LogP contribution is 2.46. The molecule has 2 aromatic carbocycles. The van der Waals surface area contributed by atoms with Gasteiger partial charge < -0.3 is 29.7 Å². The van der Waals surface area contributed by atoms with Crippen LogP contribution in [0.5, 0.6) is 11.5 Å². The van der Waals surface area contributed by atoms with Gasteiger partial charge in [-0.1, -0.05) is 36.4 Å². The van der Waals surface area contributed by atoms with E-state index in [4.69, 9.17) is 19.2 Å². The molecule has 2 aliphatic carbocycles. The van der Waals surface area contributed by atoms with Crippen molar-refractivity contribution < 1.29 is 51.4 Å². The lowest BCUT2D eigenvalue weighted by atomic mass is 10.1. The summed E-state index contributed by atoms with van der Waals surface area (Å²) in [6, 6.07) is 13.8. The molecule has 6 amide bonds. The maximum absolute atomic E-state index is 14.7. The average Bonchev–Trinajstić information content (AvgIpc) is 4.14. The number of amides is 6. The highest BCUT2D eigenvalue weighted by molar-refractivity contribution is 7.91. The van der Waals surface area contributed by atoms with E-state index >= 15 is 0 Å². The lowest BCUT2D eigenvalue weighted by molar-refractivity contribution is -0.152. The second-order valence-electron chi connectivity index (χ2n) is 16.8. The molecule has 61 heavy (non-hydrogen) atoms. The number of carbonyl (C=O) groups excluding carboxylic acids is 6. The van der Waals surface area contributed by atoms with E-state index in [1.807, 2.05) is 30.3 Å². The number of nitrogens with one attached hydrogen (secondary N) is 3. The summed E-state index contributed by atoms with van der Waals surface area (Å²) in [6.45, 7) is 8.77. The number of hydrogen-bond acceptors (Lipinski definition) is 12. The second kappa shape index (κ2) is 16.8. The number of benzene rings is 2. The summed E-state index contributed by atoms with van der Waals surface area (Å²) in [5.41, 5.74) is -0.653. The normalized spacial score (nSPS) is 22.7.